The summed E-state index contributed by atoms with van der Waals surface area (Å²) < 4.78 is 0. The van der Waals surface area contributed by atoms with Gasteiger partial charge in [-0.15, -0.1) is 0 Å². The van der Waals surface area contributed by atoms with E-state index in [1.165, 1.54) is 60.7 Å². The summed E-state index contributed by atoms with van der Waals surface area (Å²) in [7, 11) is 0. The first kappa shape index (κ1) is 51.4. The molecule has 4 aliphatic heterocycles. The highest BCUT2D eigenvalue weighted by atomic mass is 16.2. The van der Waals surface area contributed by atoms with Crippen LogP contribution in [0.1, 0.15) is 84.4 Å². The van der Waals surface area contributed by atoms with Crippen molar-refractivity contribution in [2.75, 3.05) is 84.3 Å². The Labute approximate surface area is 458 Å². The van der Waals surface area contributed by atoms with Crippen molar-refractivity contribution >= 4 is 92.9 Å². The molecule has 20 nitrogen and oxygen atoms in total. The molecule has 0 fully saturated rings. The summed E-state index contributed by atoms with van der Waals surface area (Å²) in [4.78, 5) is 101. The summed E-state index contributed by atoms with van der Waals surface area (Å²) in [5, 5.41) is 30.0. The SMILES string of the molecule is O=C(Nc1cc(C(=O)Nc2ccc(C3=NCCN3)cc2)cc(C(=O)Nc2ccc(C3=NCCN3)cc2)c1)c1ccc(C(=O)Nc2cc(C(=O)Nc3ccc(C4=NCCN4)cc3)ccc2C(=O)Nc2ccc(C3=NCCN3)cc2)cc1. The number of amidine groups is 4. The molecule has 80 heavy (non-hydrogen) atoms. The molecule has 0 radical (unpaired) electrons. The minimum Gasteiger partial charge on any atom is -0.368 e. The number of aliphatic imine (C=N–C) groups is 4. The molecular weight excluding hydrogens is 1010 g/mol. The number of nitrogens with zero attached hydrogens (tertiary/aromatic N) is 4. The Morgan fingerprint density at radius 3 is 0.938 bits per heavy atom. The van der Waals surface area contributed by atoms with Crippen LogP contribution in [0.2, 0.25) is 0 Å². The van der Waals surface area contributed by atoms with Crippen LogP contribution in [0.5, 0.6) is 0 Å². The van der Waals surface area contributed by atoms with Gasteiger partial charge in [0.15, 0.2) is 0 Å². The Bertz CT molecular complexity index is 3610. The number of amides is 6. The quantitative estimate of drug-likeness (QED) is 0.0495. The number of rotatable bonds is 16. The summed E-state index contributed by atoms with van der Waals surface area (Å²) in [5.74, 6) is -0.231. The molecule has 0 aromatic heterocycles. The molecule has 7 aromatic rings. The fourth-order valence-electron chi connectivity index (χ4n) is 9.14. The van der Waals surface area contributed by atoms with Crippen LogP contribution in [-0.2, 0) is 0 Å². The molecule has 0 atom stereocenters. The summed E-state index contributed by atoms with van der Waals surface area (Å²) in [6, 6.07) is 43.2. The second-order valence-electron chi connectivity index (χ2n) is 18.8. The van der Waals surface area contributed by atoms with E-state index in [-0.39, 0.29) is 44.8 Å². The van der Waals surface area contributed by atoms with Crippen LogP contribution in [0.25, 0.3) is 0 Å². The highest BCUT2D eigenvalue weighted by molar-refractivity contribution is 6.16. The highest BCUT2D eigenvalue weighted by Crippen LogP contribution is 2.25. The van der Waals surface area contributed by atoms with Crippen molar-refractivity contribution in [2.45, 2.75) is 0 Å². The molecule has 6 amide bonds. The van der Waals surface area contributed by atoms with Gasteiger partial charge in [-0.2, -0.15) is 0 Å². The molecule has 0 saturated carbocycles. The molecule has 4 heterocycles. The standard InChI is InChI=1S/C60H52N14O6/c75-55(73-48-32-42(58(78)70-45-16-7-36(8-17-45)52-63-25-26-64-52)31-43(33-48)59(79)71-46-18-9-37(10-19-46)53-65-27-28-66-53)39-1-3-40(4-2-39)56(76)74-50-34-41(57(77)69-44-14-5-35(6-15-44)51-61-23-24-62-51)13-22-49(50)60(80)72-47-20-11-38(12-21-47)54-67-29-30-68-54/h1-22,31-34H,23-30H2,(H,61,62)(H,63,64)(H,65,66)(H,67,68)(H,69,77)(H,70,78)(H,71,79)(H,72,80)(H,73,75)(H,74,76). The lowest BCUT2D eigenvalue weighted by molar-refractivity contribution is 0.101. The lowest BCUT2D eigenvalue weighted by Crippen LogP contribution is -2.21. The third kappa shape index (κ3) is 12.1. The van der Waals surface area contributed by atoms with Gasteiger partial charge < -0.3 is 53.2 Å². The first-order valence-corrected chi connectivity index (χ1v) is 25.9. The number of nitrogens with one attached hydrogen (secondary N) is 10. The molecule has 4 aliphatic rings. The maximum atomic E-state index is 14.0. The number of carbonyl (C=O) groups is 6. The molecule has 0 saturated heterocycles. The Kier molecular flexibility index (Phi) is 14.9. The van der Waals surface area contributed by atoms with E-state index in [0.29, 0.717) is 48.9 Å². The summed E-state index contributed by atoms with van der Waals surface area (Å²) in [5.41, 5.74) is 6.40. The summed E-state index contributed by atoms with van der Waals surface area (Å²) in [6.07, 6.45) is 0. The van der Waals surface area contributed by atoms with Gasteiger partial charge in [0.1, 0.15) is 23.3 Å². The maximum Gasteiger partial charge on any atom is 0.257 e. The average molecular weight is 1070 g/mol. The van der Waals surface area contributed by atoms with Crippen LogP contribution < -0.4 is 53.2 Å². The average Bonchev–Trinajstić information content (AvgIpc) is 4.38. The Balaban J connectivity index is 0.807. The van der Waals surface area contributed by atoms with Gasteiger partial charge in [-0.25, -0.2) is 0 Å². The van der Waals surface area contributed by atoms with E-state index < -0.39 is 35.4 Å². The van der Waals surface area contributed by atoms with Crippen LogP contribution in [-0.4, -0.2) is 111 Å². The lowest BCUT2D eigenvalue weighted by atomic mass is 10.1. The van der Waals surface area contributed by atoms with Crippen molar-refractivity contribution in [1.82, 2.24) is 21.3 Å². The second-order valence-corrected chi connectivity index (χ2v) is 18.8. The predicted octanol–water partition coefficient (Wildman–Crippen LogP) is 6.60. The van der Waals surface area contributed by atoms with Gasteiger partial charge in [0.05, 0.1) is 37.4 Å². The molecule has 0 spiro atoms. The van der Waals surface area contributed by atoms with Crippen LogP contribution in [0, 0.1) is 0 Å². The Morgan fingerprint density at radius 2 is 0.588 bits per heavy atom. The van der Waals surface area contributed by atoms with Crippen molar-refractivity contribution in [3.8, 4) is 0 Å². The van der Waals surface area contributed by atoms with Crippen molar-refractivity contribution in [1.29, 1.82) is 0 Å². The third-order valence-corrected chi connectivity index (χ3v) is 13.3. The zero-order chi connectivity index (χ0) is 55.0. The number of carbonyl (C=O) groups excluding carboxylic acids is 6. The number of hydrogen-bond acceptors (Lipinski definition) is 14. The molecule has 398 valence electrons. The molecular formula is C60H52N14O6. The maximum absolute atomic E-state index is 14.0. The first-order chi connectivity index (χ1) is 39.0. The number of benzene rings is 7. The van der Waals surface area contributed by atoms with E-state index in [2.05, 4.69) is 73.1 Å². The molecule has 0 unspecified atom stereocenters. The Morgan fingerprint density at radius 1 is 0.287 bits per heavy atom. The van der Waals surface area contributed by atoms with Gasteiger partial charge in [0.25, 0.3) is 35.4 Å². The second kappa shape index (κ2) is 23.2. The lowest BCUT2D eigenvalue weighted by Gasteiger charge is -2.15. The molecule has 11 rings (SSSR count). The van der Waals surface area contributed by atoms with Gasteiger partial charge >= 0.3 is 0 Å². The fourth-order valence-corrected chi connectivity index (χ4v) is 9.14. The smallest absolute Gasteiger partial charge is 0.257 e. The third-order valence-electron chi connectivity index (χ3n) is 13.3. The topological polar surface area (TPSA) is 272 Å². The van der Waals surface area contributed by atoms with E-state index in [1.807, 2.05) is 48.5 Å². The first-order valence-electron chi connectivity index (χ1n) is 25.9. The van der Waals surface area contributed by atoms with Crippen molar-refractivity contribution in [3.63, 3.8) is 0 Å². The van der Waals surface area contributed by atoms with Gasteiger partial charge in [-0.05, 0) is 158 Å². The number of anilines is 6. The van der Waals surface area contributed by atoms with Crippen LogP contribution in [0.4, 0.5) is 34.1 Å². The van der Waals surface area contributed by atoms with Crippen molar-refractivity contribution in [3.05, 3.63) is 213 Å². The molecule has 0 bridgehead atoms. The molecule has 10 N–H and O–H groups in total. The van der Waals surface area contributed by atoms with E-state index in [0.717, 1.165) is 71.8 Å². The van der Waals surface area contributed by atoms with Gasteiger partial charge in [0, 0.05) is 105 Å². The number of hydrogen-bond donors (Lipinski definition) is 10. The van der Waals surface area contributed by atoms with Gasteiger partial charge in [-0.3, -0.25) is 48.7 Å². The monoisotopic (exact) mass is 1060 g/mol. The van der Waals surface area contributed by atoms with E-state index in [4.69, 9.17) is 0 Å². The van der Waals surface area contributed by atoms with Crippen molar-refractivity contribution < 1.29 is 28.8 Å². The molecule has 0 aliphatic carbocycles. The normalized spacial score (nSPS) is 14.1. The van der Waals surface area contributed by atoms with Crippen LogP contribution in [0.15, 0.2) is 178 Å². The largest absolute Gasteiger partial charge is 0.368 e. The van der Waals surface area contributed by atoms with Crippen LogP contribution >= 0.6 is 0 Å². The fraction of sp³-hybridized carbons (Fsp3) is 0.133. The summed E-state index contributed by atoms with van der Waals surface area (Å²) in [6.45, 7) is 5.74. The zero-order valence-corrected chi connectivity index (χ0v) is 42.9. The minimum atomic E-state index is -0.636. The van der Waals surface area contributed by atoms with Gasteiger partial charge in [0.2, 0.25) is 0 Å². The van der Waals surface area contributed by atoms with Crippen LogP contribution in [0.3, 0.4) is 0 Å². The van der Waals surface area contributed by atoms with E-state index >= 15 is 0 Å². The Hall–Kier alpha value is -10.8. The minimum absolute atomic E-state index is 0.0502. The highest BCUT2D eigenvalue weighted by Gasteiger charge is 2.22. The molecule has 20 heteroatoms. The zero-order valence-electron chi connectivity index (χ0n) is 42.9. The van der Waals surface area contributed by atoms with E-state index in [1.54, 1.807) is 48.5 Å². The van der Waals surface area contributed by atoms with E-state index in [9.17, 15) is 28.8 Å². The predicted molar refractivity (Wildman–Crippen MR) is 310 cm³/mol. The summed E-state index contributed by atoms with van der Waals surface area (Å²) >= 11 is 0. The van der Waals surface area contributed by atoms with Gasteiger partial charge in [-0.1, -0.05) is 0 Å². The van der Waals surface area contributed by atoms with Crippen molar-refractivity contribution in [2.24, 2.45) is 20.0 Å². The molecule has 7 aromatic carbocycles.